The van der Waals surface area contributed by atoms with Crippen molar-refractivity contribution in [2.24, 2.45) is 0 Å². The van der Waals surface area contributed by atoms with Gasteiger partial charge in [-0.1, -0.05) is 36.7 Å². The molecule has 0 spiro atoms. The fourth-order valence-electron chi connectivity index (χ4n) is 1.76. The number of nitrogens with two attached hydrogens (primary N) is 1. The summed E-state index contributed by atoms with van der Waals surface area (Å²) in [5.74, 6) is 0. The molecular weight excluding hydrogens is 218 g/mol. The van der Waals surface area contributed by atoms with Gasteiger partial charge in [0.15, 0.2) is 0 Å². The number of aryl methyl sites for hydroxylation is 1. The quantitative estimate of drug-likeness (QED) is 0.772. The Hall–Kier alpha value is -1.47. The average molecular weight is 232 g/mol. The van der Waals surface area contributed by atoms with Crippen molar-refractivity contribution in [2.75, 3.05) is 5.73 Å². The van der Waals surface area contributed by atoms with Gasteiger partial charge in [0.05, 0.1) is 0 Å². The summed E-state index contributed by atoms with van der Waals surface area (Å²) in [5.41, 5.74) is 10.2. The maximum atomic E-state index is 5.97. The van der Waals surface area contributed by atoms with E-state index in [-0.39, 0.29) is 0 Å². The molecular formula is C14H14ClN. The van der Waals surface area contributed by atoms with Crippen LogP contribution in [0.4, 0.5) is 5.69 Å². The second-order valence-corrected chi connectivity index (χ2v) is 4.21. The highest BCUT2D eigenvalue weighted by atomic mass is 35.5. The monoisotopic (exact) mass is 231 g/mol. The van der Waals surface area contributed by atoms with Crippen molar-refractivity contribution in [1.29, 1.82) is 0 Å². The van der Waals surface area contributed by atoms with Gasteiger partial charge in [0.2, 0.25) is 0 Å². The largest absolute Gasteiger partial charge is 0.399 e. The van der Waals surface area contributed by atoms with Crippen LogP contribution in [0.5, 0.6) is 0 Å². The first kappa shape index (κ1) is 11.0. The fraction of sp³-hybridized carbons (Fsp3) is 0.143. The lowest BCUT2D eigenvalue weighted by Crippen LogP contribution is -1.93. The molecule has 2 rings (SSSR count). The molecule has 2 aromatic carbocycles. The highest BCUT2D eigenvalue weighted by molar-refractivity contribution is 6.30. The van der Waals surface area contributed by atoms with Crippen molar-refractivity contribution in [1.82, 2.24) is 0 Å². The molecule has 0 saturated carbocycles. The first-order chi connectivity index (χ1) is 7.70. The van der Waals surface area contributed by atoms with Crippen LogP contribution in [0.15, 0.2) is 42.5 Å². The number of hydrogen-bond acceptors (Lipinski definition) is 1. The topological polar surface area (TPSA) is 26.0 Å². The minimum absolute atomic E-state index is 0.757. The van der Waals surface area contributed by atoms with Crippen molar-refractivity contribution in [2.45, 2.75) is 13.3 Å². The average Bonchev–Trinajstić information content (AvgIpc) is 2.29. The summed E-state index contributed by atoms with van der Waals surface area (Å²) in [6.07, 6.45) is 0.945. The molecule has 2 heteroatoms. The summed E-state index contributed by atoms with van der Waals surface area (Å²) in [5, 5.41) is 0.757. The Labute approximate surface area is 101 Å². The molecule has 0 fully saturated rings. The van der Waals surface area contributed by atoms with E-state index >= 15 is 0 Å². The maximum Gasteiger partial charge on any atom is 0.0412 e. The van der Waals surface area contributed by atoms with Gasteiger partial charge in [-0.25, -0.2) is 0 Å². The first-order valence-electron chi connectivity index (χ1n) is 5.35. The molecule has 0 amide bonds. The Morgan fingerprint density at radius 1 is 1.06 bits per heavy atom. The van der Waals surface area contributed by atoms with Gasteiger partial charge >= 0.3 is 0 Å². The van der Waals surface area contributed by atoms with Gasteiger partial charge in [0.25, 0.3) is 0 Å². The van der Waals surface area contributed by atoms with Crippen molar-refractivity contribution >= 4 is 17.3 Å². The molecule has 1 nitrogen and oxygen atoms in total. The van der Waals surface area contributed by atoms with E-state index in [4.69, 9.17) is 17.3 Å². The second-order valence-electron chi connectivity index (χ2n) is 3.78. The number of anilines is 1. The lowest BCUT2D eigenvalue weighted by Gasteiger charge is -2.07. The van der Waals surface area contributed by atoms with E-state index in [9.17, 15) is 0 Å². The molecule has 0 aromatic heterocycles. The molecule has 0 heterocycles. The number of rotatable bonds is 2. The molecule has 0 radical (unpaired) electrons. The smallest absolute Gasteiger partial charge is 0.0412 e. The minimum Gasteiger partial charge on any atom is -0.399 e. The van der Waals surface area contributed by atoms with Crippen molar-refractivity contribution in [3.05, 3.63) is 53.1 Å². The summed E-state index contributed by atoms with van der Waals surface area (Å²) in [6, 6.07) is 14.0. The first-order valence-corrected chi connectivity index (χ1v) is 5.73. The zero-order valence-electron chi connectivity index (χ0n) is 9.20. The van der Waals surface area contributed by atoms with Crippen LogP contribution in [0.25, 0.3) is 11.1 Å². The third-order valence-electron chi connectivity index (χ3n) is 2.68. The van der Waals surface area contributed by atoms with Gasteiger partial charge in [-0.2, -0.15) is 0 Å². The van der Waals surface area contributed by atoms with Crippen molar-refractivity contribution in [3.8, 4) is 11.1 Å². The van der Waals surface area contributed by atoms with Crippen LogP contribution in [-0.4, -0.2) is 0 Å². The van der Waals surface area contributed by atoms with Crippen molar-refractivity contribution in [3.63, 3.8) is 0 Å². The van der Waals surface area contributed by atoms with Gasteiger partial charge in [0.1, 0.15) is 0 Å². The van der Waals surface area contributed by atoms with E-state index in [0.29, 0.717) is 0 Å². The summed E-state index contributed by atoms with van der Waals surface area (Å²) in [7, 11) is 0. The van der Waals surface area contributed by atoms with Gasteiger partial charge in [-0.15, -0.1) is 0 Å². The van der Waals surface area contributed by atoms with Crippen LogP contribution in [0.3, 0.4) is 0 Å². The molecule has 2 aromatic rings. The van der Waals surface area contributed by atoms with Gasteiger partial charge in [-0.3, -0.25) is 0 Å². The molecule has 0 aliphatic rings. The Morgan fingerprint density at radius 3 is 2.50 bits per heavy atom. The Morgan fingerprint density at radius 2 is 1.81 bits per heavy atom. The minimum atomic E-state index is 0.757. The van der Waals surface area contributed by atoms with Crippen molar-refractivity contribution < 1.29 is 0 Å². The zero-order chi connectivity index (χ0) is 11.5. The normalized spacial score (nSPS) is 10.4. The summed E-state index contributed by atoms with van der Waals surface area (Å²) in [4.78, 5) is 0. The molecule has 0 bridgehead atoms. The van der Waals surface area contributed by atoms with E-state index in [1.807, 2.05) is 30.3 Å². The molecule has 0 atom stereocenters. The number of hydrogen-bond donors (Lipinski definition) is 1. The van der Waals surface area contributed by atoms with Crippen LogP contribution in [0.2, 0.25) is 5.02 Å². The Bertz CT molecular complexity index is 506. The molecule has 0 saturated heterocycles. The SMILES string of the molecule is CCc1cc(-c2cccc(Cl)c2)ccc1N. The Kier molecular flexibility index (Phi) is 3.16. The van der Waals surface area contributed by atoms with E-state index in [1.165, 1.54) is 5.56 Å². The summed E-state index contributed by atoms with van der Waals surface area (Å²) >= 11 is 5.97. The molecule has 0 aliphatic heterocycles. The highest BCUT2D eigenvalue weighted by Gasteiger charge is 2.02. The number of benzene rings is 2. The van der Waals surface area contributed by atoms with E-state index in [1.54, 1.807) is 0 Å². The maximum absolute atomic E-state index is 5.97. The number of halogens is 1. The predicted octanol–water partition coefficient (Wildman–Crippen LogP) is 4.15. The standard InChI is InChI=1S/C14H14ClN/c1-2-10-8-12(6-7-14(10)16)11-4-3-5-13(15)9-11/h3-9H,2,16H2,1H3. The lowest BCUT2D eigenvalue weighted by atomic mass is 10.0. The molecule has 0 unspecified atom stereocenters. The molecule has 2 N–H and O–H groups in total. The van der Waals surface area contributed by atoms with E-state index < -0.39 is 0 Å². The van der Waals surface area contributed by atoms with Gasteiger partial charge < -0.3 is 5.73 Å². The van der Waals surface area contributed by atoms with Crippen LogP contribution in [0.1, 0.15) is 12.5 Å². The van der Waals surface area contributed by atoms with E-state index in [0.717, 1.165) is 28.3 Å². The van der Waals surface area contributed by atoms with Crippen LogP contribution in [-0.2, 0) is 6.42 Å². The highest BCUT2D eigenvalue weighted by Crippen LogP contribution is 2.26. The molecule has 82 valence electrons. The third-order valence-corrected chi connectivity index (χ3v) is 2.92. The van der Waals surface area contributed by atoms with Crippen LogP contribution < -0.4 is 5.73 Å². The summed E-state index contributed by atoms with van der Waals surface area (Å²) < 4.78 is 0. The lowest BCUT2D eigenvalue weighted by molar-refractivity contribution is 1.15. The summed E-state index contributed by atoms with van der Waals surface area (Å²) in [6.45, 7) is 2.10. The Balaban J connectivity index is 2.48. The fourth-order valence-corrected chi connectivity index (χ4v) is 1.95. The van der Waals surface area contributed by atoms with E-state index in [2.05, 4.69) is 19.1 Å². The van der Waals surface area contributed by atoms with Gasteiger partial charge in [-0.05, 0) is 47.4 Å². The predicted molar refractivity (Wildman–Crippen MR) is 70.7 cm³/mol. The second kappa shape index (κ2) is 4.58. The number of nitrogen functional groups attached to an aromatic ring is 1. The molecule has 16 heavy (non-hydrogen) atoms. The zero-order valence-corrected chi connectivity index (χ0v) is 9.96. The van der Waals surface area contributed by atoms with Gasteiger partial charge in [0, 0.05) is 10.7 Å². The van der Waals surface area contributed by atoms with Crippen LogP contribution >= 0.6 is 11.6 Å². The molecule has 0 aliphatic carbocycles. The third kappa shape index (κ3) is 2.20. The van der Waals surface area contributed by atoms with Crippen LogP contribution in [0, 0.1) is 0 Å².